The third-order valence-electron chi connectivity index (χ3n) is 2.90. The highest BCUT2D eigenvalue weighted by Crippen LogP contribution is 2.27. The highest BCUT2D eigenvalue weighted by molar-refractivity contribution is 6.09. The maximum atomic E-state index is 12.5. The highest BCUT2D eigenvalue weighted by atomic mass is 16.1. The molecular weight excluding hydrogens is 222 g/mol. The van der Waals surface area contributed by atoms with E-state index in [4.69, 9.17) is 0 Å². The zero-order valence-electron chi connectivity index (χ0n) is 11.0. The number of aromatic nitrogens is 1. The molecule has 0 aliphatic heterocycles. The van der Waals surface area contributed by atoms with Crippen molar-refractivity contribution in [2.24, 2.45) is 0 Å². The normalized spacial score (nSPS) is 11.3. The summed E-state index contributed by atoms with van der Waals surface area (Å²) in [5.74, 6) is 0.0358. The van der Waals surface area contributed by atoms with Crippen molar-refractivity contribution >= 4 is 5.78 Å². The number of ketones is 1. The van der Waals surface area contributed by atoms with E-state index in [2.05, 4.69) is 25.8 Å². The Morgan fingerprint density at radius 3 is 2.39 bits per heavy atom. The monoisotopic (exact) mass is 239 g/mol. The molecule has 0 N–H and O–H groups in total. The van der Waals surface area contributed by atoms with E-state index in [1.165, 1.54) is 0 Å². The number of hydrogen-bond donors (Lipinski definition) is 0. The van der Waals surface area contributed by atoms with Crippen LogP contribution in [0.2, 0.25) is 0 Å². The Balaban J connectivity index is 2.50. The number of carbonyl (C=O) groups is 1. The Labute approximate surface area is 108 Å². The molecule has 0 amide bonds. The van der Waals surface area contributed by atoms with Gasteiger partial charge in [0, 0.05) is 23.5 Å². The predicted molar refractivity (Wildman–Crippen MR) is 72.8 cm³/mol. The van der Waals surface area contributed by atoms with Gasteiger partial charge >= 0.3 is 0 Å². The quantitative estimate of drug-likeness (QED) is 0.749. The lowest BCUT2D eigenvalue weighted by atomic mass is 9.82. The van der Waals surface area contributed by atoms with Crippen LogP contribution >= 0.6 is 0 Å². The molecule has 0 spiro atoms. The van der Waals surface area contributed by atoms with Crippen LogP contribution in [0.25, 0.3) is 0 Å². The fourth-order valence-electron chi connectivity index (χ4n) is 1.99. The molecule has 0 saturated heterocycles. The lowest BCUT2D eigenvalue weighted by Gasteiger charge is -2.22. The summed E-state index contributed by atoms with van der Waals surface area (Å²) in [4.78, 5) is 16.5. The first-order valence-corrected chi connectivity index (χ1v) is 6.04. The summed E-state index contributed by atoms with van der Waals surface area (Å²) in [6, 6.07) is 11.4. The SMILES string of the molecule is CC(C)(C)c1ccccc1C(=O)c1cccnc1. The van der Waals surface area contributed by atoms with E-state index in [9.17, 15) is 4.79 Å². The average Bonchev–Trinajstić information content (AvgIpc) is 2.38. The predicted octanol–water partition coefficient (Wildman–Crippen LogP) is 3.61. The van der Waals surface area contributed by atoms with E-state index >= 15 is 0 Å². The first-order chi connectivity index (χ1) is 8.50. The van der Waals surface area contributed by atoms with Crippen LogP contribution in [0.3, 0.4) is 0 Å². The van der Waals surface area contributed by atoms with E-state index in [0.717, 1.165) is 11.1 Å². The van der Waals surface area contributed by atoms with Gasteiger partial charge in [-0.25, -0.2) is 0 Å². The number of pyridine rings is 1. The van der Waals surface area contributed by atoms with Crippen molar-refractivity contribution in [1.29, 1.82) is 0 Å². The largest absolute Gasteiger partial charge is 0.289 e. The van der Waals surface area contributed by atoms with Gasteiger partial charge in [-0.05, 0) is 23.1 Å². The summed E-state index contributed by atoms with van der Waals surface area (Å²) in [5.41, 5.74) is 2.42. The molecule has 0 fully saturated rings. The molecule has 1 heterocycles. The van der Waals surface area contributed by atoms with Crippen LogP contribution in [0, 0.1) is 0 Å². The molecule has 2 nitrogen and oxygen atoms in total. The van der Waals surface area contributed by atoms with Crippen LogP contribution in [-0.4, -0.2) is 10.8 Å². The molecule has 1 aromatic heterocycles. The van der Waals surface area contributed by atoms with Crippen molar-refractivity contribution in [1.82, 2.24) is 4.98 Å². The van der Waals surface area contributed by atoms with Gasteiger partial charge in [-0.2, -0.15) is 0 Å². The maximum absolute atomic E-state index is 12.5. The zero-order chi connectivity index (χ0) is 13.2. The third kappa shape index (κ3) is 2.48. The first-order valence-electron chi connectivity index (χ1n) is 6.04. The molecule has 2 heteroatoms. The Morgan fingerprint density at radius 2 is 1.78 bits per heavy atom. The minimum absolute atomic E-state index is 0.0358. The van der Waals surface area contributed by atoms with Crippen LogP contribution in [-0.2, 0) is 5.41 Å². The van der Waals surface area contributed by atoms with Crippen LogP contribution in [0.5, 0.6) is 0 Å². The lowest BCUT2D eigenvalue weighted by molar-refractivity contribution is 0.103. The minimum atomic E-state index is -0.0472. The number of benzene rings is 1. The van der Waals surface area contributed by atoms with Gasteiger partial charge in [0.2, 0.25) is 0 Å². The topological polar surface area (TPSA) is 30.0 Å². The molecular formula is C16H17NO. The van der Waals surface area contributed by atoms with Crippen LogP contribution in [0.15, 0.2) is 48.8 Å². The minimum Gasteiger partial charge on any atom is -0.289 e. The van der Waals surface area contributed by atoms with Crippen molar-refractivity contribution in [2.45, 2.75) is 26.2 Å². The van der Waals surface area contributed by atoms with Crippen molar-refractivity contribution in [3.05, 3.63) is 65.5 Å². The van der Waals surface area contributed by atoms with E-state index in [1.54, 1.807) is 24.5 Å². The van der Waals surface area contributed by atoms with Gasteiger partial charge in [0.1, 0.15) is 0 Å². The van der Waals surface area contributed by atoms with Crippen molar-refractivity contribution in [2.75, 3.05) is 0 Å². The Kier molecular flexibility index (Phi) is 3.28. The Morgan fingerprint density at radius 1 is 1.06 bits per heavy atom. The van der Waals surface area contributed by atoms with Gasteiger partial charge < -0.3 is 0 Å². The molecule has 1 aromatic carbocycles. The van der Waals surface area contributed by atoms with Crippen molar-refractivity contribution in [3.63, 3.8) is 0 Å². The molecule has 92 valence electrons. The Hall–Kier alpha value is -1.96. The van der Waals surface area contributed by atoms with E-state index in [-0.39, 0.29) is 11.2 Å². The van der Waals surface area contributed by atoms with Gasteiger partial charge in [-0.15, -0.1) is 0 Å². The average molecular weight is 239 g/mol. The van der Waals surface area contributed by atoms with Gasteiger partial charge in [0.05, 0.1) is 0 Å². The van der Waals surface area contributed by atoms with E-state index < -0.39 is 0 Å². The molecule has 0 aliphatic rings. The molecule has 0 bridgehead atoms. The van der Waals surface area contributed by atoms with Crippen molar-refractivity contribution < 1.29 is 4.79 Å². The fourth-order valence-corrected chi connectivity index (χ4v) is 1.99. The molecule has 2 aromatic rings. The number of hydrogen-bond acceptors (Lipinski definition) is 2. The van der Waals surface area contributed by atoms with Crippen LogP contribution in [0.4, 0.5) is 0 Å². The second kappa shape index (κ2) is 4.73. The van der Waals surface area contributed by atoms with Gasteiger partial charge in [-0.1, -0.05) is 45.0 Å². The summed E-state index contributed by atoms with van der Waals surface area (Å²) in [6.07, 6.45) is 3.29. The van der Waals surface area contributed by atoms with Gasteiger partial charge in [0.25, 0.3) is 0 Å². The van der Waals surface area contributed by atoms with E-state index in [1.807, 2.05) is 24.3 Å². The molecule has 0 aliphatic carbocycles. The summed E-state index contributed by atoms with van der Waals surface area (Å²) >= 11 is 0. The zero-order valence-corrected chi connectivity index (χ0v) is 11.0. The number of carbonyl (C=O) groups excluding carboxylic acids is 1. The first kappa shape index (κ1) is 12.5. The number of nitrogens with zero attached hydrogens (tertiary/aromatic N) is 1. The fraction of sp³-hybridized carbons (Fsp3) is 0.250. The van der Waals surface area contributed by atoms with Gasteiger partial charge in [0.15, 0.2) is 5.78 Å². The number of rotatable bonds is 2. The second-order valence-electron chi connectivity index (χ2n) is 5.37. The maximum Gasteiger partial charge on any atom is 0.194 e. The molecule has 18 heavy (non-hydrogen) atoms. The van der Waals surface area contributed by atoms with Gasteiger partial charge in [-0.3, -0.25) is 9.78 Å². The third-order valence-corrected chi connectivity index (χ3v) is 2.90. The summed E-state index contributed by atoms with van der Waals surface area (Å²) in [6.45, 7) is 6.34. The van der Waals surface area contributed by atoms with Crippen LogP contribution < -0.4 is 0 Å². The second-order valence-corrected chi connectivity index (χ2v) is 5.37. The molecule has 0 atom stereocenters. The lowest BCUT2D eigenvalue weighted by Crippen LogP contribution is -2.17. The van der Waals surface area contributed by atoms with Crippen molar-refractivity contribution in [3.8, 4) is 0 Å². The molecule has 0 radical (unpaired) electrons. The Bertz CT molecular complexity index is 553. The summed E-state index contributed by atoms with van der Waals surface area (Å²) < 4.78 is 0. The summed E-state index contributed by atoms with van der Waals surface area (Å²) in [7, 11) is 0. The van der Waals surface area contributed by atoms with Crippen LogP contribution in [0.1, 0.15) is 42.3 Å². The smallest absolute Gasteiger partial charge is 0.194 e. The summed E-state index contributed by atoms with van der Waals surface area (Å²) in [5, 5.41) is 0. The molecule has 0 saturated carbocycles. The molecule has 2 rings (SSSR count). The molecule has 0 unspecified atom stereocenters. The standard InChI is InChI=1S/C16H17NO/c1-16(2,3)14-9-5-4-8-13(14)15(18)12-7-6-10-17-11-12/h4-11H,1-3H3. The van der Waals surface area contributed by atoms with E-state index in [0.29, 0.717) is 5.56 Å². The highest BCUT2D eigenvalue weighted by Gasteiger charge is 2.21.